The molecule has 0 aliphatic heterocycles. The summed E-state index contributed by atoms with van der Waals surface area (Å²) in [5.41, 5.74) is 1.63. The number of halogens is 2. The van der Waals surface area contributed by atoms with Gasteiger partial charge in [0, 0.05) is 15.6 Å². The van der Waals surface area contributed by atoms with Crippen LogP contribution in [0.4, 0.5) is 4.39 Å². The molecule has 0 amide bonds. The van der Waals surface area contributed by atoms with Gasteiger partial charge in [0.1, 0.15) is 11.6 Å². The maximum atomic E-state index is 13.7. The molecule has 0 radical (unpaired) electrons. The first-order valence-corrected chi connectivity index (χ1v) is 5.63. The van der Waals surface area contributed by atoms with Crippen LogP contribution in [0.3, 0.4) is 0 Å². The van der Waals surface area contributed by atoms with Crippen molar-refractivity contribution in [2.45, 2.75) is 6.92 Å². The van der Waals surface area contributed by atoms with E-state index >= 15 is 0 Å². The third-order valence-electron chi connectivity index (χ3n) is 2.47. The average Bonchev–Trinajstić information content (AvgIpc) is 2.24. The zero-order valence-electron chi connectivity index (χ0n) is 8.67. The summed E-state index contributed by atoms with van der Waals surface area (Å²) in [6, 6.07) is 10.0. The number of hydrogen-bond donors (Lipinski definition) is 1. The van der Waals surface area contributed by atoms with Crippen molar-refractivity contribution in [2.75, 3.05) is 0 Å². The predicted octanol–water partition coefficient (Wildman–Crippen LogP) is 4.27. The molecule has 0 aromatic heterocycles. The molecule has 0 atom stereocenters. The minimum absolute atomic E-state index is 0.119. The maximum absolute atomic E-state index is 13.7. The first kappa shape index (κ1) is 11.1. The monoisotopic (exact) mass is 280 g/mol. The smallest absolute Gasteiger partial charge is 0.132 e. The Hall–Kier alpha value is -1.35. The zero-order valence-corrected chi connectivity index (χ0v) is 10.3. The topological polar surface area (TPSA) is 20.2 Å². The van der Waals surface area contributed by atoms with Crippen molar-refractivity contribution in [3.05, 3.63) is 52.3 Å². The van der Waals surface area contributed by atoms with E-state index in [4.69, 9.17) is 0 Å². The van der Waals surface area contributed by atoms with Gasteiger partial charge in [-0.05, 0) is 24.6 Å². The fourth-order valence-electron chi connectivity index (χ4n) is 1.62. The molecule has 0 heterocycles. The number of aromatic hydroxyl groups is 1. The summed E-state index contributed by atoms with van der Waals surface area (Å²) >= 11 is 3.29. The van der Waals surface area contributed by atoms with Gasteiger partial charge < -0.3 is 5.11 Å². The van der Waals surface area contributed by atoms with Crippen molar-refractivity contribution < 1.29 is 9.50 Å². The quantitative estimate of drug-likeness (QED) is 0.827. The first-order chi connectivity index (χ1) is 7.61. The second kappa shape index (κ2) is 4.26. The average molecular weight is 281 g/mol. The Morgan fingerprint density at radius 3 is 2.50 bits per heavy atom. The summed E-state index contributed by atoms with van der Waals surface area (Å²) in [4.78, 5) is 0. The number of benzene rings is 2. The van der Waals surface area contributed by atoms with Crippen LogP contribution in [0.25, 0.3) is 11.1 Å². The van der Waals surface area contributed by atoms with Crippen molar-refractivity contribution in [3.63, 3.8) is 0 Å². The molecule has 16 heavy (non-hydrogen) atoms. The summed E-state index contributed by atoms with van der Waals surface area (Å²) in [7, 11) is 0. The van der Waals surface area contributed by atoms with Crippen LogP contribution in [-0.2, 0) is 0 Å². The molecule has 1 nitrogen and oxygen atoms in total. The van der Waals surface area contributed by atoms with Gasteiger partial charge in [-0.3, -0.25) is 0 Å². The standard InChI is InChI=1S/C13H10BrFO/c1-8-4-2-5-9(13(8)16)12-10(14)6-3-7-11(12)15/h2-7,16H,1H3. The summed E-state index contributed by atoms with van der Waals surface area (Å²) in [6.45, 7) is 1.79. The van der Waals surface area contributed by atoms with Crippen LogP contribution in [0.5, 0.6) is 5.75 Å². The molecule has 2 aromatic rings. The number of phenolic OH excluding ortho intramolecular Hbond substituents is 1. The van der Waals surface area contributed by atoms with Crippen LogP contribution in [0.2, 0.25) is 0 Å². The first-order valence-electron chi connectivity index (χ1n) is 4.84. The van der Waals surface area contributed by atoms with E-state index in [0.29, 0.717) is 15.6 Å². The number of hydrogen-bond acceptors (Lipinski definition) is 1. The molecule has 0 fully saturated rings. The second-order valence-electron chi connectivity index (χ2n) is 3.57. The molecule has 0 spiro atoms. The zero-order chi connectivity index (χ0) is 11.7. The van der Waals surface area contributed by atoms with Crippen molar-refractivity contribution in [2.24, 2.45) is 0 Å². The van der Waals surface area contributed by atoms with E-state index in [2.05, 4.69) is 15.9 Å². The lowest BCUT2D eigenvalue weighted by Crippen LogP contribution is -1.88. The van der Waals surface area contributed by atoms with Crippen LogP contribution < -0.4 is 0 Å². The van der Waals surface area contributed by atoms with Gasteiger partial charge in [-0.25, -0.2) is 4.39 Å². The number of rotatable bonds is 1. The molecule has 0 bridgehead atoms. The Balaban J connectivity index is 2.73. The second-order valence-corrected chi connectivity index (χ2v) is 4.42. The molecule has 0 unspecified atom stereocenters. The molecule has 0 aliphatic carbocycles. The molecule has 0 saturated carbocycles. The van der Waals surface area contributed by atoms with Gasteiger partial charge in [0.15, 0.2) is 0 Å². The lowest BCUT2D eigenvalue weighted by molar-refractivity contribution is 0.472. The van der Waals surface area contributed by atoms with E-state index in [1.54, 1.807) is 37.3 Å². The Kier molecular flexibility index (Phi) is 2.97. The van der Waals surface area contributed by atoms with Gasteiger partial charge in [-0.15, -0.1) is 0 Å². The fourth-order valence-corrected chi connectivity index (χ4v) is 2.17. The Labute approximate surface area is 102 Å². The van der Waals surface area contributed by atoms with Crippen LogP contribution in [0, 0.1) is 12.7 Å². The summed E-state index contributed by atoms with van der Waals surface area (Å²) in [6.07, 6.45) is 0. The SMILES string of the molecule is Cc1cccc(-c2c(F)cccc2Br)c1O. The number of para-hydroxylation sites is 1. The van der Waals surface area contributed by atoms with Crippen molar-refractivity contribution in [1.29, 1.82) is 0 Å². The van der Waals surface area contributed by atoms with E-state index in [1.807, 2.05) is 0 Å². The molecular formula is C13H10BrFO. The van der Waals surface area contributed by atoms with Gasteiger partial charge >= 0.3 is 0 Å². The van der Waals surface area contributed by atoms with Gasteiger partial charge in [-0.2, -0.15) is 0 Å². The van der Waals surface area contributed by atoms with Crippen LogP contribution in [0.1, 0.15) is 5.56 Å². The fraction of sp³-hybridized carbons (Fsp3) is 0.0769. The van der Waals surface area contributed by atoms with Crippen molar-refractivity contribution in [3.8, 4) is 16.9 Å². The summed E-state index contributed by atoms with van der Waals surface area (Å²) < 4.78 is 14.3. The minimum Gasteiger partial charge on any atom is -0.507 e. The minimum atomic E-state index is -0.352. The molecule has 2 rings (SSSR count). The maximum Gasteiger partial charge on any atom is 0.132 e. The highest BCUT2D eigenvalue weighted by atomic mass is 79.9. The molecule has 0 aliphatic rings. The van der Waals surface area contributed by atoms with Crippen LogP contribution in [-0.4, -0.2) is 5.11 Å². The van der Waals surface area contributed by atoms with Gasteiger partial charge in [-0.1, -0.05) is 40.2 Å². The Morgan fingerprint density at radius 2 is 1.81 bits per heavy atom. The highest BCUT2D eigenvalue weighted by Crippen LogP contribution is 2.37. The Bertz CT molecular complexity index is 517. The van der Waals surface area contributed by atoms with Crippen molar-refractivity contribution in [1.82, 2.24) is 0 Å². The van der Waals surface area contributed by atoms with Crippen LogP contribution in [0.15, 0.2) is 40.9 Å². The van der Waals surface area contributed by atoms with E-state index in [0.717, 1.165) is 5.56 Å². The molecule has 2 aromatic carbocycles. The number of aryl methyl sites for hydroxylation is 1. The normalized spacial score (nSPS) is 10.4. The lowest BCUT2D eigenvalue weighted by Gasteiger charge is -2.09. The summed E-state index contributed by atoms with van der Waals surface area (Å²) in [5.74, 6) is -0.233. The lowest BCUT2D eigenvalue weighted by atomic mass is 10.0. The predicted molar refractivity (Wildman–Crippen MR) is 65.9 cm³/mol. The summed E-state index contributed by atoms with van der Waals surface area (Å²) in [5, 5.41) is 9.91. The largest absolute Gasteiger partial charge is 0.507 e. The molecule has 3 heteroatoms. The number of phenols is 1. The third-order valence-corrected chi connectivity index (χ3v) is 3.13. The molecule has 82 valence electrons. The molecular weight excluding hydrogens is 271 g/mol. The van der Waals surface area contributed by atoms with Gasteiger partial charge in [0.25, 0.3) is 0 Å². The van der Waals surface area contributed by atoms with E-state index in [-0.39, 0.29) is 11.6 Å². The molecule has 1 N–H and O–H groups in total. The highest BCUT2D eigenvalue weighted by Gasteiger charge is 2.13. The van der Waals surface area contributed by atoms with E-state index < -0.39 is 0 Å². The highest BCUT2D eigenvalue weighted by molar-refractivity contribution is 9.10. The van der Waals surface area contributed by atoms with Crippen molar-refractivity contribution >= 4 is 15.9 Å². The van der Waals surface area contributed by atoms with E-state index in [1.165, 1.54) is 6.07 Å². The molecule has 0 saturated heterocycles. The van der Waals surface area contributed by atoms with E-state index in [9.17, 15) is 9.50 Å². The third kappa shape index (κ3) is 1.83. The van der Waals surface area contributed by atoms with Gasteiger partial charge in [0.2, 0.25) is 0 Å². The Morgan fingerprint density at radius 1 is 1.12 bits per heavy atom. The van der Waals surface area contributed by atoms with Crippen LogP contribution >= 0.6 is 15.9 Å². The van der Waals surface area contributed by atoms with Gasteiger partial charge in [0.05, 0.1) is 0 Å².